The second-order valence-corrected chi connectivity index (χ2v) is 8.72. The van der Waals surface area contributed by atoms with Gasteiger partial charge in [0, 0.05) is 51.1 Å². The number of likely N-dealkylation sites (tertiary alicyclic amines) is 2. The molecule has 4 heterocycles. The van der Waals surface area contributed by atoms with Gasteiger partial charge in [-0.3, -0.25) is 14.7 Å². The van der Waals surface area contributed by atoms with Crippen molar-refractivity contribution in [3.63, 3.8) is 0 Å². The lowest BCUT2D eigenvalue weighted by atomic mass is 9.99. The Balaban J connectivity index is 0.000000301. The van der Waals surface area contributed by atoms with Gasteiger partial charge in [0.05, 0.1) is 11.8 Å². The number of alkyl halides is 6. The molecule has 1 aromatic heterocycles. The van der Waals surface area contributed by atoms with Crippen molar-refractivity contribution in [2.24, 2.45) is 5.92 Å². The SMILES string of the molecule is O=C(O)C(F)(F)F.O=C(O)C(F)(F)F.O=C(c1ccncc1F)N1CC[C@H]2[C@@H]1CCN2CC1CCOCC1. The van der Waals surface area contributed by atoms with Crippen molar-refractivity contribution in [2.75, 3.05) is 32.8 Å². The third kappa shape index (κ3) is 8.79. The largest absolute Gasteiger partial charge is 0.490 e. The summed E-state index contributed by atoms with van der Waals surface area (Å²) < 4.78 is 82.8. The fraction of sp³-hybridized carbons (Fsp3) is 0.636. The minimum absolute atomic E-state index is 0.147. The normalized spacial score (nSPS) is 22.0. The highest BCUT2D eigenvalue weighted by Crippen LogP contribution is 2.34. The van der Waals surface area contributed by atoms with E-state index in [1.165, 1.54) is 12.3 Å². The number of aromatic nitrogens is 1. The van der Waals surface area contributed by atoms with Gasteiger partial charge in [-0.1, -0.05) is 0 Å². The van der Waals surface area contributed by atoms with Crippen molar-refractivity contribution >= 4 is 17.8 Å². The van der Waals surface area contributed by atoms with Crippen molar-refractivity contribution in [1.82, 2.24) is 14.8 Å². The number of fused-ring (bicyclic) bond motifs is 1. The molecule has 0 aromatic carbocycles. The van der Waals surface area contributed by atoms with Gasteiger partial charge in [-0.25, -0.2) is 14.0 Å². The fourth-order valence-corrected chi connectivity index (χ4v) is 4.52. The Labute approximate surface area is 212 Å². The van der Waals surface area contributed by atoms with Crippen LogP contribution >= 0.6 is 0 Å². The molecule has 1 aromatic rings. The number of hydrogen-bond donors (Lipinski definition) is 2. The third-order valence-corrected chi connectivity index (χ3v) is 6.27. The number of carboxylic acid groups (broad SMARTS) is 2. The first-order chi connectivity index (χ1) is 17.6. The minimum atomic E-state index is -5.08. The molecule has 1 amide bonds. The number of carboxylic acids is 2. The smallest absolute Gasteiger partial charge is 0.475 e. The van der Waals surface area contributed by atoms with Gasteiger partial charge in [0.25, 0.3) is 5.91 Å². The molecule has 2 N–H and O–H groups in total. The Kier molecular flexibility index (Phi) is 10.8. The molecule has 9 nitrogen and oxygen atoms in total. The molecule has 2 atom stereocenters. The van der Waals surface area contributed by atoms with E-state index in [9.17, 15) is 35.5 Å². The van der Waals surface area contributed by atoms with E-state index in [1.54, 1.807) is 0 Å². The molecular formula is C22H26F7N3O6. The van der Waals surface area contributed by atoms with E-state index in [2.05, 4.69) is 9.88 Å². The average Bonchev–Trinajstić information content (AvgIpc) is 3.42. The zero-order chi connectivity index (χ0) is 28.7. The molecule has 38 heavy (non-hydrogen) atoms. The molecule has 3 saturated heterocycles. The zero-order valence-electron chi connectivity index (χ0n) is 19.8. The van der Waals surface area contributed by atoms with Gasteiger partial charge >= 0.3 is 24.3 Å². The predicted molar refractivity (Wildman–Crippen MR) is 115 cm³/mol. The minimum Gasteiger partial charge on any atom is -0.475 e. The molecule has 0 unspecified atom stereocenters. The van der Waals surface area contributed by atoms with Gasteiger partial charge in [0.15, 0.2) is 5.82 Å². The summed E-state index contributed by atoms with van der Waals surface area (Å²) in [6.07, 6.45) is -3.31. The Hall–Kier alpha value is -3.01. The molecule has 0 bridgehead atoms. The Morgan fingerprint density at radius 2 is 1.45 bits per heavy atom. The van der Waals surface area contributed by atoms with Gasteiger partial charge in [-0.2, -0.15) is 26.3 Å². The maximum atomic E-state index is 13.9. The van der Waals surface area contributed by atoms with Crippen LogP contribution in [0.4, 0.5) is 30.7 Å². The Morgan fingerprint density at radius 3 is 1.95 bits per heavy atom. The van der Waals surface area contributed by atoms with Crippen molar-refractivity contribution in [3.8, 4) is 0 Å². The summed E-state index contributed by atoms with van der Waals surface area (Å²) in [5.74, 6) is -5.52. The van der Waals surface area contributed by atoms with E-state index in [1.807, 2.05) is 4.90 Å². The molecule has 3 aliphatic heterocycles. The molecular weight excluding hydrogens is 535 g/mol. The summed E-state index contributed by atoms with van der Waals surface area (Å²) in [5.41, 5.74) is 0.147. The standard InChI is InChI=1S/C18H24FN3O2.2C2HF3O2/c19-15-11-20-6-1-14(15)18(23)22-8-3-16-17(22)2-7-21(16)12-13-4-9-24-10-5-13;2*3-2(4,5)1(6)7/h1,6,11,13,16-17H,2-5,7-10,12H2;2*(H,6,7)/t16-,17-;;/m0../s1. The number of rotatable bonds is 3. The lowest BCUT2D eigenvalue weighted by molar-refractivity contribution is -0.193. The molecule has 0 radical (unpaired) electrons. The highest BCUT2D eigenvalue weighted by Gasteiger charge is 2.45. The summed E-state index contributed by atoms with van der Waals surface area (Å²) in [6.45, 7) is 4.61. The van der Waals surface area contributed by atoms with Crippen molar-refractivity contribution in [2.45, 2.75) is 50.1 Å². The predicted octanol–water partition coefficient (Wildman–Crippen LogP) is 3.20. The number of aliphatic carboxylic acids is 2. The average molecular weight is 561 g/mol. The summed E-state index contributed by atoms with van der Waals surface area (Å²) >= 11 is 0. The molecule has 214 valence electrons. The maximum absolute atomic E-state index is 13.9. The van der Waals surface area contributed by atoms with Crippen molar-refractivity contribution in [3.05, 3.63) is 29.8 Å². The lowest BCUT2D eigenvalue weighted by Gasteiger charge is -2.30. The molecule has 0 saturated carbocycles. The van der Waals surface area contributed by atoms with Crippen LogP contribution in [0.25, 0.3) is 0 Å². The number of halogens is 7. The molecule has 4 rings (SSSR count). The van der Waals surface area contributed by atoms with Gasteiger partial charge in [-0.15, -0.1) is 0 Å². The number of amides is 1. The van der Waals surface area contributed by atoms with Gasteiger partial charge in [0.1, 0.15) is 0 Å². The molecule has 3 fully saturated rings. The number of hydrogen-bond acceptors (Lipinski definition) is 6. The van der Waals surface area contributed by atoms with Crippen LogP contribution in [0.5, 0.6) is 0 Å². The monoisotopic (exact) mass is 561 g/mol. The van der Waals surface area contributed by atoms with Crippen LogP contribution in [-0.4, -0.2) is 100 Å². The van der Waals surface area contributed by atoms with E-state index >= 15 is 0 Å². The quantitative estimate of drug-likeness (QED) is 0.540. The van der Waals surface area contributed by atoms with Crippen LogP contribution < -0.4 is 0 Å². The number of ether oxygens (including phenoxy) is 1. The molecule has 3 aliphatic rings. The van der Waals surface area contributed by atoms with Crippen LogP contribution in [0, 0.1) is 11.7 Å². The van der Waals surface area contributed by atoms with Crippen LogP contribution in [-0.2, 0) is 14.3 Å². The first kappa shape index (κ1) is 31.2. The van der Waals surface area contributed by atoms with Gasteiger partial charge in [0.2, 0.25) is 0 Å². The highest BCUT2D eigenvalue weighted by atomic mass is 19.4. The van der Waals surface area contributed by atoms with E-state index in [-0.39, 0.29) is 17.5 Å². The van der Waals surface area contributed by atoms with Crippen LogP contribution in [0.2, 0.25) is 0 Å². The first-order valence-electron chi connectivity index (χ1n) is 11.5. The number of pyridine rings is 1. The molecule has 16 heteroatoms. The Morgan fingerprint density at radius 1 is 0.921 bits per heavy atom. The number of carbonyl (C=O) groups excluding carboxylic acids is 1. The van der Waals surface area contributed by atoms with E-state index < -0.39 is 30.1 Å². The van der Waals surface area contributed by atoms with Crippen LogP contribution in [0.15, 0.2) is 18.5 Å². The number of nitrogens with zero attached hydrogens (tertiary/aromatic N) is 3. The second kappa shape index (κ2) is 13.2. The van der Waals surface area contributed by atoms with E-state index in [0.717, 1.165) is 64.7 Å². The van der Waals surface area contributed by atoms with E-state index in [4.69, 9.17) is 24.5 Å². The van der Waals surface area contributed by atoms with Gasteiger partial charge < -0.3 is 19.8 Å². The van der Waals surface area contributed by atoms with Gasteiger partial charge in [-0.05, 0) is 37.7 Å². The number of carbonyl (C=O) groups is 3. The highest BCUT2D eigenvalue weighted by molar-refractivity contribution is 5.94. The maximum Gasteiger partial charge on any atom is 0.490 e. The van der Waals surface area contributed by atoms with E-state index in [0.29, 0.717) is 12.0 Å². The Bertz CT molecular complexity index is 945. The lowest BCUT2D eigenvalue weighted by Crippen LogP contribution is -2.41. The van der Waals surface area contributed by atoms with Crippen molar-refractivity contribution in [1.29, 1.82) is 0 Å². The zero-order valence-corrected chi connectivity index (χ0v) is 19.8. The fourth-order valence-electron chi connectivity index (χ4n) is 4.52. The summed E-state index contributed by atoms with van der Waals surface area (Å²) in [6, 6.07) is 2.14. The summed E-state index contributed by atoms with van der Waals surface area (Å²) in [5, 5.41) is 14.2. The molecule has 0 aliphatic carbocycles. The summed E-state index contributed by atoms with van der Waals surface area (Å²) in [4.78, 5) is 38.7. The first-order valence-corrected chi connectivity index (χ1v) is 11.5. The topological polar surface area (TPSA) is 120 Å². The second-order valence-electron chi connectivity index (χ2n) is 8.72. The summed E-state index contributed by atoms with van der Waals surface area (Å²) in [7, 11) is 0. The third-order valence-electron chi connectivity index (χ3n) is 6.27. The van der Waals surface area contributed by atoms with Crippen LogP contribution in [0.1, 0.15) is 36.0 Å². The molecule has 0 spiro atoms. The van der Waals surface area contributed by atoms with Crippen molar-refractivity contribution < 1.29 is 60.1 Å². The van der Waals surface area contributed by atoms with Crippen LogP contribution in [0.3, 0.4) is 0 Å².